The SMILES string of the molecule is Cc1noc(CCNC(=O)[C@@H]2CCCN2)n1. The highest BCUT2D eigenvalue weighted by Crippen LogP contribution is 2.04. The lowest BCUT2D eigenvalue weighted by atomic mass is 10.2. The Kier molecular flexibility index (Phi) is 3.51. The maximum atomic E-state index is 11.6. The van der Waals surface area contributed by atoms with Crippen molar-refractivity contribution >= 4 is 5.91 Å². The number of hydrogen-bond donors (Lipinski definition) is 2. The summed E-state index contributed by atoms with van der Waals surface area (Å²) in [6.07, 6.45) is 2.58. The van der Waals surface area contributed by atoms with Gasteiger partial charge in [-0.05, 0) is 26.3 Å². The highest BCUT2D eigenvalue weighted by atomic mass is 16.5. The first-order valence-electron chi connectivity index (χ1n) is 5.56. The summed E-state index contributed by atoms with van der Waals surface area (Å²) < 4.78 is 4.94. The van der Waals surface area contributed by atoms with Crippen LogP contribution in [0.2, 0.25) is 0 Å². The average molecular weight is 224 g/mol. The summed E-state index contributed by atoms with van der Waals surface area (Å²) in [6, 6.07) is -0.0237. The van der Waals surface area contributed by atoms with Crippen LogP contribution in [0.25, 0.3) is 0 Å². The van der Waals surface area contributed by atoms with Crippen LogP contribution in [-0.2, 0) is 11.2 Å². The largest absolute Gasteiger partial charge is 0.354 e. The molecule has 1 aromatic heterocycles. The third-order valence-electron chi connectivity index (χ3n) is 2.58. The maximum absolute atomic E-state index is 11.6. The molecule has 1 atom stereocenters. The molecular formula is C10H16N4O2. The lowest BCUT2D eigenvalue weighted by Crippen LogP contribution is -2.41. The molecule has 0 aromatic carbocycles. The number of nitrogens with zero attached hydrogens (tertiary/aromatic N) is 2. The Morgan fingerprint density at radius 3 is 3.19 bits per heavy atom. The third kappa shape index (κ3) is 2.79. The minimum absolute atomic E-state index is 0.0237. The number of amides is 1. The molecule has 0 radical (unpaired) electrons. The fraction of sp³-hybridized carbons (Fsp3) is 0.700. The zero-order valence-electron chi connectivity index (χ0n) is 9.32. The Morgan fingerprint density at radius 2 is 2.56 bits per heavy atom. The second-order valence-electron chi connectivity index (χ2n) is 3.93. The number of carbonyl (C=O) groups is 1. The third-order valence-corrected chi connectivity index (χ3v) is 2.58. The first kappa shape index (κ1) is 11.1. The van der Waals surface area contributed by atoms with Crippen LogP contribution in [0.15, 0.2) is 4.52 Å². The van der Waals surface area contributed by atoms with Crippen LogP contribution in [0.1, 0.15) is 24.6 Å². The van der Waals surface area contributed by atoms with Crippen LogP contribution in [0.3, 0.4) is 0 Å². The van der Waals surface area contributed by atoms with E-state index in [1.54, 1.807) is 6.92 Å². The molecule has 0 spiro atoms. The Labute approximate surface area is 93.8 Å². The van der Waals surface area contributed by atoms with Gasteiger partial charge < -0.3 is 15.2 Å². The molecule has 1 amide bonds. The second-order valence-corrected chi connectivity index (χ2v) is 3.93. The van der Waals surface area contributed by atoms with Gasteiger partial charge in [0.05, 0.1) is 6.04 Å². The van der Waals surface area contributed by atoms with Crippen molar-refractivity contribution in [2.24, 2.45) is 0 Å². The van der Waals surface area contributed by atoms with Gasteiger partial charge in [-0.3, -0.25) is 4.79 Å². The number of hydrogen-bond acceptors (Lipinski definition) is 5. The Bertz CT molecular complexity index is 357. The van der Waals surface area contributed by atoms with Crippen molar-refractivity contribution < 1.29 is 9.32 Å². The molecule has 0 bridgehead atoms. The van der Waals surface area contributed by atoms with E-state index >= 15 is 0 Å². The molecule has 2 N–H and O–H groups in total. The first-order valence-corrected chi connectivity index (χ1v) is 5.56. The van der Waals surface area contributed by atoms with Crippen LogP contribution in [0, 0.1) is 6.92 Å². The predicted molar refractivity (Wildman–Crippen MR) is 56.8 cm³/mol. The quantitative estimate of drug-likeness (QED) is 0.739. The highest BCUT2D eigenvalue weighted by molar-refractivity contribution is 5.81. The Morgan fingerprint density at radius 1 is 1.69 bits per heavy atom. The van der Waals surface area contributed by atoms with Crippen LogP contribution >= 0.6 is 0 Å². The summed E-state index contributed by atoms with van der Waals surface area (Å²) in [5.74, 6) is 1.25. The molecule has 1 aliphatic rings. The van der Waals surface area contributed by atoms with Crippen molar-refractivity contribution in [2.45, 2.75) is 32.2 Å². The van der Waals surface area contributed by atoms with E-state index in [-0.39, 0.29) is 11.9 Å². The molecule has 88 valence electrons. The maximum Gasteiger partial charge on any atom is 0.237 e. The Balaban J connectivity index is 1.69. The zero-order chi connectivity index (χ0) is 11.4. The first-order chi connectivity index (χ1) is 7.75. The van der Waals surface area contributed by atoms with Gasteiger partial charge in [0.1, 0.15) is 0 Å². The summed E-state index contributed by atoms with van der Waals surface area (Å²) in [6.45, 7) is 3.24. The van der Waals surface area contributed by atoms with Gasteiger partial charge in [-0.2, -0.15) is 4.98 Å². The van der Waals surface area contributed by atoms with Gasteiger partial charge in [-0.1, -0.05) is 5.16 Å². The van der Waals surface area contributed by atoms with Gasteiger partial charge in [-0.25, -0.2) is 0 Å². The van der Waals surface area contributed by atoms with Crippen molar-refractivity contribution in [3.05, 3.63) is 11.7 Å². The van der Waals surface area contributed by atoms with Crippen molar-refractivity contribution in [1.29, 1.82) is 0 Å². The van der Waals surface area contributed by atoms with E-state index in [9.17, 15) is 4.79 Å². The number of rotatable bonds is 4. The minimum atomic E-state index is -0.0237. The van der Waals surface area contributed by atoms with Crippen LogP contribution < -0.4 is 10.6 Å². The van der Waals surface area contributed by atoms with Gasteiger partial charge in [0.15, 0.2) is 5.82 Å². The van der Waals surface area contributed by atoms with Crippen molar-refractivity contribution in [1.82, 2.24) is 20.8 Å². The smallest absolute Gasteiger partial charge is 0.237 e. The van der Waals surface area contributed by atoms with E-state index in [2.05, 4.69) is 20.8 Å². The fourth-order valence-corrected chi connectivity index (χ4v) is 1.77. The lowest BCUT2D eigenvalue weighted by molar-refractivity contribution is -0.122. The van der Waals surface area contributed by atoms with E-state index in [1.165, 1.54) is 0 Å². The van der Waals surface area contributed by atoms with Gasteiger partial charge in [0.25, 0.3) is 0 Å². The van der Waals surface area contributed by atoms with E-state index in [0.29, 0.717) is 24.7 Å². The van der Waals surface area contributed by atoms with Crippen molar-refractivity contribution in [2.75, 3.05) is 13.1 Å². The molecule has 2 rings (SSSR count). The van der Waals surface area contributed by atoms with E-state index in [4.69, 9.17) is 4.52 Å². The van der Waals surface area contributed by atoms with E-state index < -0.39 is 0 Å². The van der Waals surface area contributed by atoms with Crippen LogP contribution in [-0.4, -0.2) is 35.2 Å². The average Bonchev–Trinajstić information content (AvgIpc) is 2.89. The summed E-state index contributed by atoms with van der Waals surface area (Å²) in [5, 5.41) is 9.68. The summed E-state index contributed by atoms with van der Waals surface area (Å²) in [4.78, 5) is 15.7. The molecule has 1 aromatic rings. The molecule has 0 aliphatic carbocycles. The van der Waals surface area contributed by atoms with Crippen LogP contribution in [0.4, 0.5) is 0 Å². The molecular weight excluding hydrogens is 208 g/mol. The Hall–Kier alpha value is -1.43. The minimum Gasteiger partial charge on any atom is -0.354 e. The lowest BCUT2D eigenvalue weighted by Gasteiger charge is -2.09. The second kappa shape index (κ2) is 5.07. The van der Waals surface area contributed by atoms with E-state index in [1.807, 2.05) is 0 Å². The topological polar surface area (TPSA) is 80.0 Å². The van der Waals surface area contributed by atoms with Gasteiger partial charge >= 0.3 is 0 Å². The molecule has 2 heterocycles. The molecule has 0 saturated carbocycles. The predicted octanol–water partition coefficient (Wildman–Crippen LogP) is -0.211. The summed E-state index contributed by atoms with van der Waals surface area (Å²) >= 11 is 0. The number of nitrogens with one attached hydrogen (secondary N) is 2. The molecule has 6 heteroatoms. The van der Waals surface area contributed by atoms with Crippen LogP contribution in [0.5, 0.6) is 0 Å². The van der Waals surface area contributed by atoms with Gasteiger partial charge in [0, 0.05) is 13.0 Å². The standard InChI is InChI=1S/C10H16N4O2/c1-7-13-9(16-14-7)4-6-12-10(15)8-3-2-5-11-8/h8,11H,2-6H2,1H3,(H,12,15)/t8-/m0/s1. The molecule has 6 nitrogen and oxygen atoms in total. The van der Waals surface area contributed by atoms with Crippen molar-refractivity contribution in [3.63, 3.8) is 0 Å². The monoisotopic (exact) mass is 224 g/mol. The molecule has 1 aliphatic heterocycles. The van der Waals surface area contributed by atoms with Gasteiger partial charge in [-0.15, -0.1) is 0 Å². The normalized spacial score (nSPS) is 19.9. The zero-order valence-corrected chi connectivity index (χ0v) is 9.32. The van der Waals surface area contributed by atoms with Crippen molar-refractivity contribution in [3.8, 4) is 0 Å². The molecule has 0 unspecified atom stereocenters. The van der Waals surface area contributed by atoms with Gasteiger partial charge in [0.2, 0.25) is 11.8 Å². The van der Waals surface area contributed by atoms with E-state index in [0.717, 1.165) is 19.4 Å². The number of carbonyl (C=O) groups excluding carboxylic acids is 1. The molecule has 16 heavy (non-hydrogen) atoms. The fourth-order valence-electron chi connectivity index (χ4n) is 1.77. The summed E-state index contributed by atoms with van der Waals surface area (Å²) in [7, 11) is 0. The number of aromatic nitrogens is 2. The highest BCUT2D eigenvalue weighted by Gasteiger charge is 2.21. The summed E-state index contributed by atoms with van der Waals surface area (Å²) in [5.41, 5.74) is 0. The molecule has 1 fully saturated rings. The number of aryl methyl sites for hydroxylation is 1. The molecule has 1 saturated heterocycles.